The second-order valence-corrected chi connectivity index (χ2v) is 7.16. The summed E-state index contributed by atoms with van der Waals surface area (Å²) < 4.78 is 14.8. The molecule has 2 saturated heterocycles. The van der Waals surface area contributed by atoms with Crippen LogP contribution >= 0.6 is 8.53 Å². The molecule has 0 amide bonds. The standard InChI is InChI=1S/C15H22NO2P/c1-12(2)17-19-16-11-7-10-14(16)15(3,18-19)13-8-5-4-6-9-13/h4-6,8-9,12,14H,7,10-11H2,1-3H3/t14-,15+,19+/m1/s1. The number of hydrogen-bond acceptors (Lipinski definition) is 3. The van der Waals surface area contributed by atoms with E-state index in [0.29, 0.717) is 6.04 Å². The summed E-state index contributed by atoms with van der Waals surface area (Å²) >= 11 is 0. The molecular weight excluding hydrogens is 257 g/mol. The maximum atomic E-state index is 6.38. The summed E-state index contributed by atoms with van der Waals surface area (Å²) in [6.07, 6.45) is 2.66. The fourth-order valence-electron chi connectivity index (χ4n) is 3.06. The molecule has 0 unspecified atom stereocenters. The average molecular weight is 279 g/mol. The largest absolute Gasteiger partial charge is 0.319 e. The van der Waals surface area contributed by atoms with Crippen molar-refractivity contribution < 1.29 is 9.05 Å². The van der Waals surface area contributed by atoms with Crippen molar-refractivity contribution in [3.63, 3.8) is 0 Å². The highest BCUT2D eigenvalue weighted by Gasteiger charge is 2.54. The van der Waals surface area contributed by atoms with Gasteiger partial charge in [0.15, 0.2) is 0 Å². The summed E-state index contributed by atoms with van der Waals surface area (Å²) in [4.78, 5) is 0. The molecule has 2 aliphatic rings. The third kappa shape index (κ3) is 2.34. The van der Waals surface area contributed by atoms with Crippen molar-refractivity contribution in [3.05, 3.63) is 35.9 Å². The Morgan fingerprint density at radius 2 is 2.11 bits per heavy atom. The van der Waals surface area contributed by atoms with Crippen LogP contribution in [0.15, 0.2) is 30.3 Å². The van der Waals surface area contributed by atoms with E-state index in [1.807, 2.05) is 0 Å². The Kier molecular flexibility index (Phi) is 3.65. The zero-order valence-electron chi connectivity index (χ0n) is 11.9. The van der Waals surface area contributed by atoms with Crippen molar-refractivity contribution in [3.8, 4) is 0 Å². The lowest BCUT2D eigenvalue weighted by molar-refractivity contribution is 0.0752. The molecule has 3 nitrogen and oxygen atoms in total. The van der Waals surface area contributed by atoms with Gasteiger partial charge in [-0.3, -0.25) is 0 Å². The lowest BCUT2D eigenvalue weighted by Crippen LogP contribution is -2.36. The minimum Gasteiger partial charge on any atom is -0.319 e. The highest BCUT2D eigenvalue weighted by molar-refractivity contribution is 7.45. The Labute approximate surface area is 116 Å². The first-order chi connectivity index (χ1) is 9.11. The normalized spacial score (nSPS) is 34.9. The average Bonchev–Trinajstić information content (AvgIpc) is 2.96. The first-order valence-electron chi connectivity index (χ1n) is 7.09. The first kappa shape index (κ1) is 13.5. The van der Waals surface area contributed by atoms with Gasteiger partial charge in [-0.15, -0.1) is 0 Å². The molecule has 0 N–H and O–H groups in total. The van der Waals surface area contributed by atoms with E-state index in [1.54, 1.807) is 0 Å². The maximum absolute atomic E-state index is 6.38. The van der Waals surface area contributed by atoms with Crippen LogP contribution in [0.3, 0.4) is 0 Å². The lowest BCUT2D eigenvalue weighted by Gasteiger charge is -2.29. The SMILES string of the molecule is CC(C)O[P@@]1O[C@@](C)(c2ccccc2)[C@H]2CCCN21. The van der Waals surface area contributed by atoms with Crippen molar-refractivity contribution in [1.82, 2.24) is 4.67 Å². The minimum atomic E-state index is -0.903. The van der Waals surface area contributed by atoms with Crippen molar-refractivity contribution >= 4 is 8.53 Å². The maximum Gasteiger partial charge on any atom is 0.260 e. The Hall–Kier alpha value is -0.470. The summed E-state index contributed by atoms with van der Waals surface area (Å²) in [5.41, 5.74) is 1.04. The van der Waals surface area contributed by atoms with Crippen LogP contribution in [0.1, 0.15) is 39.2 Å². The Balaban J connectivity index is 1.90. The van der Waals surface area contributed by atoms with Crippen molar-refractivity contribution in [1.29, 1.82) is 0 Å². The molecule has 3 rings (SSSR count). The van der Waals surface area contributed by atoms with Crippen LogP contribution in [0.2, 0.25) is 0 Å². The fraction of sp³-hybridized carbons (Fsp3) is 0.600. The zero-order chi connectivity index (χ0) is 13.5. The van der Waals surface area contributed by atoms with Crippen LogP contribution in [-0.2, 0) is 14.6 Å². The van der Waals surface area contributed by atoms with Crippen LogP contribution in [0.5, 0.6) is 0 Å². The molecule has 1 aromatic rings. The smallest absolute Gasteiger partial charge is 0.260 e. The van der Waals surface area contributed by atoms with Gasteiger partial charge in [0.2, 0.25) is 0 Å². The molecule has 19 heavy (non-hydrogen) atoms. The summed E-state index contributed by atoms with van der Waals surface area (Å²) in [7, 11) is -0.903. The highest BCUT2D eigenvalue weighted by atomic mass is 31.2. The Bertz CT molecular complexity index is 439. The number of fused-ring (bicyclic) bond motifs is 1. The zero-order valence-corrected chi connectivity index (χ0v) is 12.8. The number of nitrogens with zero attached hydrogens (tertiary/aromatic N) is 1. The highest BCUT2D eigenvalue weighted by Crippen LogP contribution is 2.63. The van der Waals surface area contributed by atoms with Gasteiger partial charge in [0.25, 0.3) is 8.53 Å². The van der Waals surface area contributed by atoms with Crippen LogP contribution in [0.25, 0.3) is 0 Å². The Morgan fingerprint density at radius 1 is 1.37 bits per heavy atom. The molecule has 2 fully saturated rings. The van der Waals surface area contributed by atoms with Crippen molar-refractivity contribution in [2.75, 3.05) is 6.54 Å². The summed E-state index contributed by atoms with van der Waals surface area (Å²) in [6, 6.07) is 11.0. The molecule has 3 atom stereocenters. The fourth-order valence-corrected chi connectivity index (χ4v) is 5.11. The molecule has 0 spiro atoms. The topological polar surface area (TPSA) is 21.7 Å². The molecule has 0 aliphatic carbocycles. The van der Waals surface area contributed by atoms with E-state index in [2.05, 4.69) is 55.8 Å². The molecule has 0 aromatic heterocycles. The van der Waals surface area contributed by atoms with E-state index in [9.17, 15) is 0 Å². The first-order valence-corrected chi connectivity index (χ1v) is 8.22. The van der Waals surface area contributed by atoms with Gasteiger partial charge >= 0.3 is 0 Å². The van der Waals surface area contributed by atoms with Crippen molar-refractivity contribution in [2.45, 2.75) is 51.4 Å². The molecule has 1 aromatic carbocycles. The predicted octanol–water partition coefficient (Wildman–Crippen LogP) is 4.05. The molecular formula is C15H22NO2P. The van der Waals surface area contributed by atoms with Crippen LogP contribution < -0.4 is 0 Å². The second-order valence-electron chi connectivity index (χ2n) is 5.78. The van der Waals surface area contributed by atoms with Gasteiger partial charge in [0.1, 0.15) is 5.60 Å². The van der Waals surface area contributed by atoms with Gasteiger partial charge in [-0.1, -0.05) is 30.3 Å². The summed E-state index contributed by atoms with van der Waals surface area (Å²) in [5, 5.41) is 0. The second kappa shape index (κ2) is 5.14. The van der Waals surface area contributed by atoms with Gasteiger partial charge in [-0.2, -0.15) is 0 Å². The molecule has 2 aliphatic heterocycles. The van der Waals surface area contributed by atoms with E-state index in [1.165, 1.54) is 18.4 Å². The van der Waals surface area contributed by atoms with Gasteiger partial charge in [-0.25, -0.2) is 4.67 Å². The molecule has 0 bridgehead atoms. The quantitative estimate of drug-likeness (QED) is 0.779. The summed E-state index contributed by atoms with van der Waals surface area (Å²) in [5.74, 6) is 0. The Morgan fingerprint density at radius 3 is 2.79 bits per heavy atom. The van der Waals surface area contributed by atoms with E-state index < -0.39 is 8.53 Å². The number of rotatable bonds is 3. The van der Waals surface area contributed by atoms with Gasteiger partial charge in [0, 0.05) is 6.54 Å². The molecule has 4 heteroatoms. The van der Waals surface area contributed by atoms with E-state index >= 15 is 0 Å². The third-order valence-corrected chi connectivity index (χ3v) is 6.02. The van der Waals surface area contributed by atoms with E-state index in [0.717, 1.165) is 6.54 Å². The number of benzene rings is 1. The molecule has 0 radical (unpaired) electrons. The minimum absolute atomic E-state index is 0.213. The van der Waals surface area contributed by atoms with Crippen LogP contribution in [-0.4, -0.2) is 23.4 Å². The van der Waals surface area contributed by atoms with E-state index in [4.69, 9.17) is 9.05 Å². The molecule has 104 valence electrons. The van der Waals surface area contributed by atoms with Crippen molar-refractivity contribution in [2.24, 2.45) is 0 Å². The summed E-state index contributed by atoms with van der Waals surface area (Å²) in [6.45, 7) is 7.48. The predicted molar refractivity (Wildman–Crippen MR) is 77.7 cm³/mol. The van der Waals surface area contributed by atoms with Gasteiger partial charge in [-0.05, 0) is 39.2 Å². The molecule has 2 heterocycles. The number of hydrogen-bond donors (Lipinski definition) is 0. The lowest BCUT2D eigenvalue weighted by atomic mass is 9.87. The van der Waals surface area contributed by atoms with Crippen LogP contribution in [0, 0.1) is 0 Å². The van der Waals surface area contributed by atoms with E-state index in [-0.39, 0.29) is 11.7 Å². The van der Waals surface area contributed by atoms with Crippen LogP contribution in [0.4, 0.5) is 0 Å². The van der Waals surface area contributed by atoms with Gasteiger partial charge in [0.05, 0.1) is 12.1 Å². The van der Waals surface area contributed by atoms with Gasteiger partial charge < -0.3 is 9.05 Å². The monoisotopic (exact) mass is 279 g/mol. The molecule has 0 saturated carbocycles. The third-order valence-electron chi connectivity index (χ3n) is 3.99.